The minimum atomic E-state index is -0.321. The summed E-state index contributed by atoms with van der Waals surface area (Å²) in [6.45, 7) is 9.65. The number of aryl methyl sites for hydroxylation is 2. The number of hydrogen-bond acceptors (Lipinski definition) is 3. The molecule has 0 saturated heterocycles. The maximum atomic E-state index is 11.7. The average Bonchev–Trinajstić information content (AvgIpc) is 2.22. The van der Waals surface area contributed by atoms with Gasteiger partial charge in [-0.3, -0.25) is 4.79 Å². The maximum absolute atomic E-state index is 11.7. The highest BCUT2D eigenvalue weighted by molar-refractivity contribution is 5.93. The molecule has 100 valence electrons. The van der Waals surface area contributed by atoms with E-state index in [1.807, 2.05) is 40.7 Å². The Kier molecular flexibility index (Phi) is 4.35. The van der Waals surface area contributed by atoms with Gasteiger partial charge in [0, 0.05) is 11.4 Å². The van der Waals surface area contributed by atoms with E-state index in [0.29, 0.717) is 5.69 Å². The molecule has 18 heavy (non-hydrogen) atoms. The van der Waals surface area contributed by atoms with Crippen LogP contribution in [0.2, 0.25) is 0 Å². The number of anilines is 2. The largest absolute Gasteiger partial charge is 0.398 e. The Bertz CT molecular complexity index is 448. The van der Waals surface area contributed by atoms with E-state index in [-0.39, 0.29) is 18.1 Å². The van der Waals surface area contributed by atoms with Gasteiger partial charge < -0.3 is 15.8 Å². The first-order chi connectivity index (χ1) is 8.19. The van der Waals surface area contributed by atoms with E-state index in [9.17, 15) is 4.79 Å². The van der Waals surface area contributed by atoms with E-state index in [1.165, 1.54) is 0 Å². The molecule has 0 aliphatic heterocycles. The number of hydrogen-bond donors (Lipinski definition) is 2. The molecule has 0 spiro atoms. The van der Waals surface area contributed by atoms with Crippen LogP contribution in [0.4, 0.5) is 11.4 Å². The van der Waals surface area contributed by atoms with Gasteiger partial charge >= 0.3 is 0 Å². The lowest BCUT2D eigenvalue weighted by Gasteiger charge is -2.19. The predicted octanol–water partition coefficient (Wildman–Crippen LogP) is 2.64. The van der Waals surface area contributed by atoms with Crippen molar-refractivity contribution in [3.05, 3.63) is 23.3 Å². The van der Waals surface area contributed by atoms with Crippen LogP contribution in [0.15, 0.2) is 12.1 Å². The minimum Gasteiger partial charge on any atom is -0.398 e. The molecule has 0 aliphatic rings. The van der Waals surface area contributed by atoms with Crippen LogP contribution in [-0.2, 0) is 9.53 Å². The number of benzene rings is 1. The molecule has 0 radical (unpaired) electrons. The Hall–Kier alpha value is -1.55. The molecular weight excluding hydrogens is 228 g/mol. The standard InChI is InChI=1S/C14H22N2O2/c1-9-6-10(2)12(7-11(9)15)16-13(17)8-18-14(3,4)5/h6-7H,8,15H2,1-5H3,(H,16,17). The molecule has 0 atom stereocenters. The number of amides is 1. The normalized spacial score (nSPS) is 11.4. The van der Waals surface area contributed by atoms with Crippen molar-refractivity contribution in [2.75, 3.05) is 17.7 Å². The Labute approximate surface area is 109 Å². The van der Waals surface area contributed by atoms with Crippen LogP contribution < -0.4 is 11.1 Å². The van der Waals surface area contributed by atoms with Gasteiger partial charge in [-0.05, 0) is 51.8 Å². The fraction of sp³-hybridized carbons (Fsp3) is 0.500. The monoisotopic (exact) mass is 250 g/mol. The van der Waals surface area contributed by atoms with Gasteiger partial charge in [-0.2, -0.15) is 0 Å². The fourth-order valence-corrected chi connectivity index (χ4v) is 1.47. The van der Waals surface area contributed by atoms with Gasteiger partial charge in [-0.15, -0.1) is 0 Å². The third-order valence-electron chi connectivity index (χ3n) is 2.52. The molecule has 4 nitrogen and oxygen atoms in total. The SMILES string of the molecule is Cc1cc(C)c(NC(=O)COC(C)(C)C)cc1N. The zero-order valence-corrected chi connectivity index (χ0v) is 11.8. The Balaban J connectivity index is 2.68. The van der Waals surface area contributed by atoms with Crippen LogP contribution in [0.3, 0.4) is 0 Å². The van der Waals surface area contributed by atoms with Crippen LogP contribution in [-0.4, -0.2) is 18.1 Å². The van der Waals surface area contributed by atoms with Gasteiger partial charge in [0.1, 0.15) is 6.61 Å². The first-order valence-electron chi connectivity index (χ1n) is 5.99. The lowest BCUT2D eigenvalue weighted by Crippen LogP contribution is -2.27. The molecule has 1 rings (SSSR count). The van der Waals surface area contributed by atoms with Crippen LogP contribution in [0, 0.1) is 13.8 Å². The highest BCUT2D eigenvalue weighted by Gasteiger charge is 2.13. The Morgan fingerprint density at radius 2 is 1.89 bits per heavy atom. The second kappa shape index (κ2) is 5.40. The van der Waals surface area contributed by atoms with Crippen LogP contribution >= 0.6 is 0 Å². The zero-order chi connectivity index (χ0) is 13.9. The van der Waals surface area contributed by atoms with Gasteiger partial charge in [-0.1, -0.05) is 6.07 Å². The number of nitrogens with two attached hydrogens (primary N) is 1. The molecule has 0 unspecified atom stereocenters. The second-order valence-corrected chi connectivity index (χ2v) is 5.47. The molecule has 0 aliphatic carbocycles. The minimum absolute atomic E-state index is 0.0384. The number of rotatable bonds is 3. The van der Waals surface area contributed by atoms with E-state index >= 15 is 0 Å². The second-order valence-electron chi connectivity index (χ2n) is 5.47. The van der Waals surface area contributed by atoms with Crippen molar-refractivity contribution >= 4 is 17.3 Å². The number of nitrogen functional groups attached to an aromatic ring is 1. The van der Waals surface area contributed by atoms with Gasteiger partial charge in [0.25, 0.3) is 0 Å². The maximum Gasteiger partial charge on any atom is 0.250 e. The third kappa shape index (κ3) is 4.37. The molecule has 1 aromatic carbocycles. The Morgan fingerprint density at radius 1 is 1.28 bits per heavy atom. The average molecular weight is 250 g/mol. The molecule has 0 bridgehead atoms. The molecule has 3 N–H and O–H groups in total. The van der Waals surface area contributed by atoms with Gasteiger partial charge in [0.05, 0.1) is 5.60 Å². The number of ether oxygens (including phenoxy) is 1. The van der Waals surface area contributed by atoms with E-state index in [4.69, 9.17) is 10.5 Å². The summed E-state index contributed by atoms with van der Waals surface area (Å²) in [5, 5.41) is 2.81. The highest BCUT2D eigenvalue weighted by Crippen LogP contribution is 2.22. The van der Waals surface area contributed by atoms with Crippen LogP contribution in [0.25, 0.3) is 0 Å². The molecule has 1 aromatic rings. The predicted molar refractivity (Wildman–Crippen MR) is 74.7 cm³/mol. The van der Waals surface area contributed by atoms with E-state index in [2.05, 4.69) is 5.32 Å². The molecule has 1 amide bonds. The molecule has 0 saturated carbocycles. The summed E-state index contributed by atoms with van der Waals surface area (Å²) < 4.78 is 5.41. The van der Waals surface area contributed by atoms with Gasteiger partial charge in [-0.25, -0.2) is 0 Å². The summed E-state index contributed by atoms with van der Waals surface area (Å²) in [6, 6.07) is 3.73. The molecule has 4 heteroatoms. The summed E-state index contributed by atoms with van der Waals surface area (Å²) >= 11 is 0. The third-order valence-corrected chi connectivity index (χ3v) is 2.52. The van der Waals surface area contributed by atoms with Crippen molar-refractivity contribution in [1.82, 2.24) is 0 Å². The quantitative estimate of drug-likeness (QED) is 0.810. The van der Waals surface area contributed by atoms with Crippen molar-refractivity contribution in [1.29, 1.82) is 0 Å². The lowest BCUT2D eigenvalue weighted by molar-refractivity contribution is -0.125. The molecule has 0 fully saturated rings. The first kappa shape index (κ1) is 14.5. The molecule has 0 aromatic heterocycles. The van der Waals surface area contributed by atoms with Crippen molar-refractivity contribution in [2.45, 2.75) is 40.2 Å². The molecular formula is C14H22N2O2. The topological polar surface area (TPSA) is 64.3 Å². The van der Waals surface area contributed by atoms with Crippen LogP contribution in [0.1, 0.15) is 31.9 Å². The van der Waals surface area contributed by atoms with Crippen molar-refractivity contribution in [3.63, 3.8) is 0 Å². The van der Waals surface area contributed by atoms with E-state index < -0.39 is 0 Å². The zero-order valence-electron chi connectivity index (χ0n) is 11.8. The summed E-state index contributed by atoms with van der Waals surface area (Å²) in [5.41, 5.74) is 8.92. The summed E-state index contributed by atoms with van der Waals surface area (Å²) in [4.78, 5) is 11.7. The molecule has 0 heterocycles. The summed E-state index contributed by atoms with van der Waals surface area (Å²) in [5.74, 6) is -0.170. The van der Waals surface area contributed by atoms with Crippen molar-refractivity contribution in [3.8, 4) is 0 Å². The number of carbonyl (C=O) groups is 1. The highest BCUT2D eigenvalue weighted by atomic mass is 16.5. The first-order valence-corrected chi connectivity index (χ1v) is 5.99. The van der Waals surface area contributed by atoms with Gasteiger partial charge in [0.15, 0.2) is 0 Å². The van der Waals surface area contributed by atoms with Gasteiger partial charge in [0.2, 0.25) is 5.91 Å². The van der Waals surface area contributed by atoms with Crippen LogP contribution in [0.5, 0.6) is 0 Å². The smallest absolute Gasteiger partial charge is 0.250 e. The fourth-order valence-electron chi connectivity index (χ4n) is 1.47. The number of carbonyl (C=O) groups excluding carboxylic acids is 1. The van der Waals surface area contributed by atoms with E-state index in [0.717, 1.165) is 16.8 Å². The van der Waals surface area contributed by atoms with Crippen molar-refractivity contribution in [2.24, 2.45) is 0 Å². The van der Waals surface area contributed by atoms with E-state index in [1.54, 1.807) is 6.07 Å². The van der Waals surface area contributed by atoms with Crippen molar-refractivity contribution < 1.29 is 9.53 Å². The number of nitrogens with one attached hydrogen (secondary N) is 1. The Morgan fingerprint density at radius 3 is 2.44 bits per heavy atom. The summed E-state index contributed by atoms with van der Waals surface area (Å²) in [7, 11) is 0. The lowest BCUT2D eigenvalue weighted by atomic mass is 10.1. The summed E-state index contributed by atoms with van der Waals surface area (Å²) in [6.07, 6.45) is 0.